The first-order valence-electron chi connectivity index (χ1n) is 8.14. The summed E-state index contributed by atoms with van der Waals surface area (Å²) < 4.78 is 27.4. The van der Waals surface area contributed by atoms with Gasteiger partial charge in [-0.05, 0) is 49.6 Å². The number of nitrogens with one attached hydrogen (secondary N) is 1. The molecule has 0 unspecified atom stereocenters. The van der Waals surface area contributed by atoms with Crippen molar-refractivity contribution < 1.29 is 13.2 Å². The van der Waals surface area contributed by atoms with Crippen molar-refractivity contribution in [2.45, 2.75) is 24.2 Å². The molecule has 7 heteroatoms. The molecule has 0 aliphatic carbocycles. The number of piperidine rings is 1. The van der Waals surface area contributed by atoms with Crippen molar-refractivity contribution in [1.82, 2.24) is 4.90 Å². The highest BCUT2D eigenvalue weighted by Gasteiger charge is 2.22. The van der Waals surface area contributed by atoms with Crippen LogP contribution < -0.4 is 4.72 Å². The first kappa shape index (κ1) is 17.8. The third-order valence-electron chi connectivity index (χ3n) is 4.15. The number of hydrogen-bond acceptors (Lipinski definition) is 3. The summed E-state index contributed by atoms with van der Waals surface area (Å²) in [4.78, 5) is 14.6. The second-order valence-electron chi connectivity index (χ2n) is 5.97. The molecule has 2 aromatic carbocycles. The van der Waals surface area contributed by atoms with Gasteiger partial charge in [0, 0.05) is 18.8 Å². The number of halogens is 1. The molecule has 0 radical (unpaired) electrons. The van der Waals surface area contributed by atoms with Gasteiger partial charge >= 0.3 is 0 Å². The maximum Gasteiger partial charge on any atom is 0.261 e. The Kier molecular flexibility index (Phi) is 5.30. The van der Waals surface area contributed by atoms with E-state index in [1.54, 1.807) is 35.2 Å². The minimum absolute atomic E-state index is 0.161. The van der Waals surface area contributed by atoms with Gasteiger partial charge in [-0.3, -0.25) is 9.52 Å². The Morgan fingerprint density at radius 2 is 1.68 bits per heavy atom. The van der Waals surface area contributed by atoms with Crippen LogP contribution in [-0.4, -0.2) is 32.3 Å². The Morgan fingerprint density at radius 3 is 2.36 bits per heavy atom. The monoisotopic (exact) mass is 378 g/mol. The Labute approximate surface area is 152 Å². The molecule has 0 atom stereocenters. The predicted octanol–water partition coefficient (Wildman–Crippen LogP) is 3.77. The van der Waals surface area contributed by atoms with Gasteiger partial charge in [0.25, 0.3) is 15.9 Å². The average molecular weight is 379 g/mol. The van der Waals surface area contributed by atoms with Gasteiger partial charge in [0.15, 0.2) is 0 Å². The Bertz CT molecular complexity index is 863. The van der Waals surface area contributed by atoms with E-state index in [0.29, 0.717) is 29.4 Å². The molecule has 1 N–H and O–H groups in total. The van der Waals surface area contributed by atoms with E-state index in [0.717, 1.165) is 19.3 Å². The van der Waals surface area contributed by atoms with Gasteiger partial charge in [-0.1, -0.05) is 29.8 Å². The maximum absolute atomic E-state index is 12.7. The maximum atomic E-state index is 12.7. The van der Waals surface area contributed by atoms with E-state index in [-0.39, 0.29) is 10.8 Å². The zero-order valence-corrected chi connectivity index (χ0v) is 15.2. The molecular weight excluding hydrogens is 360 g/mol. The second-order valence-corrected chi connectivity index (χ2v) is 8.06. The lowest BCUT2D eigenvalue weighted by molar-refractivity contribution is 0.0724. The van der Waals surface area contributed by atoms with E-state index in [9.17, 15) is 13.2 Å². The Hall–Kier alpha value is -2.05. The number of sulfonamides is 1. The van der Waals surface area contributed by atoms with Gasteiger partial charge < -0.3 is 4.90 Å². The van der Waals surface area contributed by atoms with Crippen LogP contribution >= 0.6 is 11.6 Å². The van der Waals surface area contributed by atoms with Crippen molar-refractivity contribution in [2.75, 3.05) is 17.8 Å². The van der Waals surface area contributed by atoms with Gasteiger partial charge in [-0.25, -0.2) is 8.42 Å². The number of amides is 1. The molecule has 1 fully saturated rings. The van der Waals surface area contributed by atoms with Crippen LogP contribution in [0, 0.1) is 0 Å². The molecular formula is C18H19ClN2O3S. The fraction of sp³-hybridized carbons (Fsp3) is 0.278. The Balaban J connectivity index is 1.85. The smallest absolute Gasteiger partial charge is 0.261 e. The molecule has 1 aliphatic rings. The molecule has 0 aromatic heterocycles. The van der Waals surface area contributed by atoms with Gasteiger partial charge in [0.05, 0.1) is 15.5 Å². The summed E-state index contributed by atoms with van der Waals surface area (Å²) in [5.74, 6) is -0.162. The van der Waals surface area contributed by atoms with E-state index in [4.69, 9.17) is 11.6 Å². The Morgan fingerprint density at radius 1 is 1.00 bits per heavy atom. The third kappa shape index (κ3) is 4.14. The quantitative estimate of drug-likeness (QED) is 0.880. The number of carbonyl (C=O) groups is 1. The number of hydrogen-bond donors (Lipinski definition) is 1. The minimum atomic E-state index is -3.71. The minimum Gasteiger partial charge on any atom is -0.339 e. The van der Waals surface area contributed by atoms with Crippen molar-refractivity contribution in [3.63, 3.8) is 0 Å². The fourth-order valence-electron chi connectivity index (χ4n) is 2.83. The standard InChI is InChI=1S/C18H19ClN2O3S/c19-17-10-9-14(20-25(23,24)15-7-3-1-4-8-15)13-16(17)18(22)21-11-5-2-6-12-21/h1,3-4,7-10,13,20H,2,5-6,11-12H2. The first-order chi connectivity index (χ1) is 12.0. The summed E-state index contributed by atoms with van der Waals surface area (Å²) >= 11 is 6.17. The lowest BCUT2D eigenvalue weighted by atomic mass is 10.1. The summed E-state index contributed by atoms with van der Waals surface area (Å²) in [6.45, 7) is 1.41. The average Bonchev–Trinajstić information content (AvgIpc) is 2.64. The molecule has 0 bridgehead atoms. The van der Waals surface area contributed by atoms with Gasteiger partial charge in [-0.15, -0.1) is 0 Å². The van der Waals surface area contributed by atoms with Crippen LogP contribution in [-0.2, 0) is 10.0 Å². The summed E-state index contributed by atoms with van der Waals surface area (Å²) in [7, 11) is -3.71. The number of benzene rings is 2. The summed E-state index contributed by atoms with van der Waals surface area (Å²) in [6, 6.07) is 12.7. The van der Waals surface area contributed by atoms with E-state index in [1.165, 1.54) is 18.2 Å². The van der Waals surface area contributed by atoms with Crippen LogP contribution in [0.5, 0.6) is 0 Å². The lowest BCUT2D eigenvalue weighted by Gasteiger charge is -2.27. The third-order valence-corrected chi connectivity index (χ3v) is 5.87. The summed E-state index contributed by atoms with van der Waals surface area (Å²) in [6.07, 6.45) is 3.07. The van der Waals surface area contributed by atoms with E-state index in [2.05, 4.69) is 4.72 Å². The number of carbonyl (C=O) groups excluding carboxylic acids is 1. The molecule has 0 saturated carbocycles. The van der Waals surface area contributed by atoms with Gasteiger partial charge in [0.1, 0.15) is 0 Å². The summed E-state index contributed by atoms with van der Waals surface area (Å²) in [5.41, 5.74) is 0.630. The van der Waals surface area contributed by atoms with Gasteiger partial charge in [-0.2, -0.15) is 0 Å². The zero-order chi connectivity index (χ0) is 17.9. The van der Waals surface area contributed by atoms with Crippen LogP contribution in [0.3, 0.4) is 0 Å². The molecule has 1 saturated heterocycles. The van der Waals surface area contributed by atoms with Crippen LogP contribution in [0.4, 0.5) is 5.69 Å². The molecule has 3 rings (SSSR count). The highest BCUT2D eigenvalue weighted by atomic mass is 35.5. The molecule has 1 aliphatic heterocycles. The van der Waals surface area contributed by atoms with Crippen LogP contribution in [0.15, 0.2) is 53.4 Å². The van der Waals surface area contributed by atoms with Crippen LogP contribution in [0.2, 0.25) is 5.02 Å². The molecule has 1 amide bonds. The van der Waals surface area contributed by atoms with Crippen molar-refractivity contribution >= 4 is 33.2 Å². The SMILES string of the molecule is O=C(c1cc(NS(=O)(=O)c2ccccc2)ccc1Cl)N1CCCCC1. The normalized spacial score (nSPS) is 15.0. The van der Waals surface area contributed by atoms with Crippen molar-refractivity contribution in [2.24, 2.45) is 0 Å². The van der Waals surface area contributed by atoms with Crippen molar-refractivity contribution in [3.05, 3.63) is 59.1 Å². The van der Waals surface area contributed by atoms with E-state index in [1.807, 2.05) is 0 Å². The number of nitrogens with zero attached hydrogens (tertiary/aromatic N) is 1. The largest absolute Gasteiger partial charge is 0.339 e. The van der Waals surface area contributed by atoms with Gasteiger partial charge in [0.2, 0.25) is 0 Å². The molecule has 1 heterocycles. The van der Waals surface area contributed by atoms with E-state index < -0.39 is 10.0 Å². The van der Waals surface area contributed by atoms with Crippen LogP contribution in [0.1, 0.15) is 29.6 Å². The summed E-state index contributed by atoms with van der Waals surface area (Å²) in [5, 5.41) is 0.318. The first-order valence-corrected chi connectivity index (χ1v) is 10.0. The second kappa shape index (κ2) is 7.45. The molecule has 5 nitrogen and oxygen atoms in total. The zero-order valence-electron chi connectivity index (χ0n) is 13.6. The van der Waals surface area contributed by atoms with Crippen molar-refractivity contribution in [3.8, 4) is 0 Å². The number of likely N-dealkylation sites (tertiary alicyclic amines) is 1. The highest BCUT2D eigenvalue weighted by molar-refractivity contribution is 7.92. The predicted molar refractivity (Wildman–Crippen MR) is 98.5 cm³/mol. The number of rotatable bonds is 4. The topological polar surface area (TPSA) is 66.5 Å². The van der Waals surface area contributed by atoms with Crippen LogP contribution in [0.25, 0.3) is 0 Å². The van der Waals surface area contributed by atoms with E-state index >= 15 is 0 Å². The highest BCUT2D eigenvalue weighted by Crippen LogP contribution is 2.25. The number of anilines is 1. The molecule has 132 valence electrons. The lowest BCUT2D eigenvalue weighted by Crippen LogP contribution is -2.35. The molecule has 2 aromatic rings. The molecule has 0 spiro atoms. The molecule has 25 heavy (non-hydrogen) atoms. The fourth-order valence-corrected chi connectivity index (χ4v) is 4.10. The van der Waals surface area contributed by atoms with Crippen molar-refractivity contribution in [1.29, 1.82) is 0 Å².